The summed E-state index contributed by atoms with van der Waals surface area (Å²) in [5.41, 5.74) is 5.52. The Hall–Kier alpha value is -1.16. The molecule has 0 saturated carbocycles. The number of rotatable bonds is 5. The lowest BCUT2D eigenvalue weighted by molar-refractivity contribution is -0.119. The first-order chi connectivity index (χ1) is 10.2. The van der Waals surface area contributed by atoms with E-state index in [1.165, 1.54) is 4.68 Å². The number of nitrogens with one attached hydrogen (secondary N) is 1. The summed E-state index contributed by atoms with van der Waals surface area (Å²) < 4.78 is 29.0. The molecule has 1 aromatic heterocycles. The van der Waals surface area contributed by atoms with Crippen LogP contribution in [0.5, 0.6) is 0 Å². The molecule has 8 nitrogen and oxygen atoms in total. The van der Waals surface area contributed by atoms with Crippen LogP contribution in [0.2, 0.25) is 5.15 Å². The van der Waals surface area contributed by atoms with E-state index in [-0.39, 0.29) is 28.5 Å². The van der Waals surface area contributed by atoms with Gasteiger partial charge in [-0.15, -0.1) is 0 Å². The number of primary amides is 1. The minimum absolute atomic E-state index is 0.0243. The summed E-state index contributed by atoms with van der Waals surface area (Å²) in [6.07, 6.45) is 1.23. The lowest BCUT2D eigenvalue weighted by Crippen LogP contribution is -2.46. The fraction of sp³-hybridized carbons (Fsp3) is 0.667. The number of hydrogen-bond donors (Lipinski definition) is 2. The third-order valence-electron chi connectivity index (χ3n) is 3.66. The first-order valence-electron chi connectivity index (χ1n) is 6.93. The topological polar surface area (TPSA) is 110 Å². The third kappa shape index (κ3) is 3.78. The number of nitrogens with zero attached hydrogens (tertiary/aromatic N) is 3. The van der Waals surface area contributed by atoms with Gasteiger partial charge in [0.05, 0.1) is 12.2 Å². The highest BCUT2D eigenvalue weighted by atomic mass is 35.5. The van der Waals surface area contributed by atoms with Gasteiger partial charge in [-0.1, -0.05) is 11.6 Å². The summed E-state index contributed by atoms with van der Waals surface area (Å²) >= 11 is 6.02. The smallest absolute Gasteiger partial charge is 0.245 e. The Morgan fingerprint density at radius 3 is 2.50 bits per heavy atom. The van der Waals surface area contributed by atoms with Gasteiger partial charge >= 0.3 is 0 Å². The second-order valence-electron chi connectivity index (χ2n) is 5.47. The van der Waals surface area contributed by atoms with Crippen molar-refractivity contribution in [2.24, 2.45) is 12.8 Å². The van der Waals surface area contributed by atoms with E-state index in [0.29, 0.717) is 31.6 Å². The molecule has 22 heavy (non-hydrogen) atoms. The molecule has 0 aliphatic carbocycles. The van der Waals surface area contributed by atoms with Crippen molar-refractivity contribution in [3.05, 3.63) is 10.8 Å². The Morgan fingerprint density at radius 2 is 2.05 bits per heavy atom. The van der Waals surface area contributed by atoms with Gasteiger partial charge in [0.1, 0.15) is 10.0 Å². The second-order valence-corrected chi connectivity index (χ2v) is 7.48. The molecule has 1 aromatic rings. The summed E-state index contributed by atoms with van der Waals surface area (Å²) in [6.45, 7) is 3.05. The summed E-state index contributed by atoms with van der Waals surface area (Å²) in [5, 5.41) is 4.11. The van der Waals surface area contributed by atoms with Crippen molar-refractivity contribution >= 4 is 27.5 Å². The number of nitrogens with two attached hydrogens (primary N) is 1. The molecule has 10 heteroatoms. The number of likely N-dealkylation sites (tertiary alicyclic amines) is 1. The van der Waals surface area contributed by atoms with E-state index in [1.54, 1.807) is 14.0 Å². The Morgan fingerprint density at radius 1 is 1.45 bits per heavy atom. The van der Waals surface area contributed by atoms with Crippen LogP contribution in [0.4, 0.5) is 0 Å². The third-order valence-corrected chi connectivity index (χ3v) is 5.87. The lowest BCUT2D eigenvalue weighted by Gasteiger charge is -2.31. The quantitative estimate of drug-likeness (QED) is 0.752. The second kappa shape index (κ2) is 6.53. The first-order valence-corrected chi connectivity index (χ1v) is 8.79. The number of hydrogen-bond acceptors (Lipinski definition) is 5. The van der Waals surface area contributed by atoms with Gasteiger partial charge in [-0.05, 0) is 19.8 Å². The highest BCUT2D eigenvalue weighted by molar-refractivity contribution is 7.89. The maximum Gasteiger partial charge on any atom is 0.245 e. The van der Waals surface area contributed by atoms with Crippen molar-refractivity contribution in [2.75, 3.05) is 19.6 Å². The van der Waals surface area contributed by atoms with Crippen LogP contribution < -0.4 is 10.5 Å². The van der Waals surface area contributed by atoms with Crippen LogP contribution in [0.15, 0.2) is 4.90 Å². The minimum Gasteiger partial charge on any atom is -0.369 e. The molecule has 1 aliphatic rings. The van der Waals surface area contributed by atoms with E-state index in [2.05, 4.69) is 9.82 Å². The van der Waals surface area contributed by atoms with Crippen molar-refractivity contribution in [1.82, 2.24) is 19.4 Å². The molecular formula is C12H20ClN5O3S. The fourth-order valence-electron chi connectivity index (χ4n) is 2.62. The predicted molar refractivity (Wildman–Crippen MR) is 81.9 cm³/mol. The monoisotopic (exact) mass is 349 g/mol. The number of carbonyl (C=O) groups is 1. The number of amides is 1. The van der Waals surface area contributed by atoms with E-state index in [4.69, 9.17) is 17.3 Å². The van der Waals surface area contributed by atoms with Crippen LogP contribution >= 0.6 is 11.6 Å². The summed E-state index contributed by atoms with van der Waals surface area (Å²) in [5.74, 6) is -0.378. The molecule has 0 radical (unpaired) electrons. The molecule has 0 bridgehead atoms. The van der Waals surface area contributed by atoms with Gasteiger partial charge in [0.25, 0.3) is 0 Å². The van der Waals surface area contributed by atoms with E-state index >= 15 is 0 Å². The van der Waals surface area contributed by atoms with E-state index in [0.717, 1.165) is 0 Å². The van der Waals surface area contributed by atoms with Crippen molar-refractivity contribution in [2.45, 2.75) is 30.7 Å². The number of carbonyl (C=O) groups excluding carboxylic acids is 1. The van der Waals surface area contributed by atoms with Gasteiger partial charge in [0.2, 0.25) is 15.9 Å². The molecule has 1 aliphatic heterocycles. The van der Waals surface area contributed by atoms with Gasteiger partial charge in [0.15, 0.2) is 0 Å². The molecule has 0 aromatic carbocycles. The standard InChI is InChI=1S/C12H20ClN5O3S/c1-8-11(12(13)17(2)15-8)22(20,21)16-9-3-5-18(6-4-9)7-10(14)19/h9,16H,3-7H2,1-2H3,(H2,14,19). The van der Waals surface area contributed by atoms with Crippen molar-refractivity contribution < 1.29 is 13.2 Å². The average Bonchev–Trinajstić information content (AvgIpc) is 2.65. The lowest BCUT2D eigenvalue weighted by atomic mass is 10.1. The first kappa shape index (κ1) is 17.2. The van der Waals surface area contributed by atoms with Crippen LogP contribution in [-0.4, -0.2) is 54.7 Å². The molecule has 0 atom stereocenters. The van der Waals surface area contributed by atoms with Crippen LogP contribution in [0.1, 0.15) is 18.5 Å². The Balaban J connectivity index is 2.03. The number of aromatic nitrogens is 2. The molecule has 124 valence electrons. The Labute approximate surface area is 134 Å². The predicted octanol–water partition coefficient (Wildman–Crippen LogP) is -0.390. The molecule has 3 N–H and O–H groups in total. The highest BCUT2D eigenvalue weighted by Gasteiger charge is 2.29. The average molecular weight is 350 g/mol. The van der Waals surface area contributed by atoms with Gasteiger partial charge in [-0.25, -0.2) is 13.1 Å². The van der Waals surface area contributed by atoms with Crippen molar-refractivity contribution in [3.63, 3.8) is 0 Å². The highest BCUT2D eigenvalue weighted by Crippen LogP contribution is 2.25. The molecular weight excluding hydrogens is 330 g/mol. The minimum atomic E-state index is -3.72. The number of aryl methyl sites for hydroxylation is 2. The van der Waals surface area contributed by atoms with E-state index in [1.807, 2.05) is 4.90 Å². The molecule has 0 spiro atoms. The molecule has 1 amide bonds. The SMILES string of the molecule is Cc1nn(C)c(Cl)c1S(=O)(=O)NC1CCN(CC(N)=O)CC1. The molecule has 2 heterocycles. The largest absolute Gasteiger partial charge is 0.369 e. The Bertz CT molecular complexity index is 665. The van der Waals surface area contributed by atoms with E-state index < -0.39 is 10.0 Å². The summed E-state index contributed by atoms with van der Waals surface area (Å²) in [4.78, 5) is 12.8. The van der Waals surface area contributed by atoms with Gasteiger partial charge in [0, 0.05) is 26.2 Å². The van der Waals surface area contributed by atoms with Crippen molar-refractivity contribution in [1.29, 1.82) is 0 Å². The normalized spacial score (nSPS) is 17.8. The van der Waals surface area contributed by atoms with Gasteiger partial charge in [-0.3, -0.25) is 14.4 Å². The number of halogens is 1. The fourth-order valence-corrected chi connectivity index (χ4v) is 4.68. The summed E-state index contributed by atoms with van der Waals surface area (Å²) in [7, 11) is -2.12. The van der Waals surface area contributed by atoms with Crippen LogP contribution in [0.25, 0.3) is 0 Å². The Kier molecular flexibility index (Phi) is 5.10. The van der Waals surface area contributed by atoms with Crippen LogP contribution in [0, 0.1) is 6.92 Å². The zero-order valence-electron chi connectivity index (χ0n) is 12.5. The molecule has 1 saturated heterocycles. The zero-order chi connectivity index (χ0) is 16.5. The van der Waals surface area contributed by atoms with Crippen LogP contribution in [0.3, 0.4) is 0 Å². The summed E-state index contributed by atoms with van der Waals surface area (Å²) in [6, 6.07) is -0.190. The maximum absolute atomic E-state index is 12.5. The van der Waals surface area contributed by atoms with Crippen molar-refractivity contribution in [3.8, 4) is 0 Å². The number of piperidine rings is 1. The molecule has 0 unspecified atom stereocenters. The zero-order valence-corrected chi connectivity index (χ0v) is 14.1. The molecule has 2 rings (SSSR count). The number of sulfonamides is 1. The maximum atomic E-state index is 12.5. The van der Waals surface area contributed by atoms with Gasteiger partial charge < -0.3 is 5.73 Å². The van der Waals surface area contributed by atoms with Gasteiger partial charge in [-0.2, -0.15) is 5.10 Å². The molecule has 1 fully saturated rings. The van der Waals surface area contributed by atoms with Crippen LogP contribution in [-0.2, 0) is 21.9 Å². The van der Waals surface area contributed by atoms with E-state index in [9.17, 15) is 13.2 Å².